The van der Waals surface area contributed by atoms with Crippen molar-refractivity contribution < 1.29 is 4.79 Å². The molecule has 1 aromatic rings. The van der Waals surface area contributed by atoms with E-state index in [1.54, 1.807) is 0 Å². The molecule has 0 radical (unpaired) electrons. The summed E-state index contributed by atoms with van der Waals surface area (Å²) in [6, 6.07) is 10.3. The van der Waals surface area contributed by atoms with Gasteiger partial charge in [-0.1, -0.05) is 63.6 Å². The van der Waals surface area contributed by atoms with Gasteiger partial charge in [0.15, 0.2) is 0 Å². The molecule has 82 valence electrons. The molecule has 1 nitrogen and oxygen atoms in total. The van der Waals surface area contributed by atoms with E-state index in [-0.39, 0.29) is 0 Å². The second-order valence-electron chi connectivity index (χ2n) is 1.89. The quantitative estimate of drug-likeness (QED) is 0.567. The number of aryl methyl sites for hydroxylation is 1. The molecule has 0 saturated carbocycles. The summed E-state index contributed by atoms with van der Waals surface area (Å²) in [6.45, 7) is 11.5. The molecule has 0 fully saturated rings. The lowest BCUT2D eigenvalue weighted by molar-refractivity contribution is -0.106. The standard InChI is InChI=1S/C7H8.C2H4O.2C2H6/c1-7-5-3-2-4-6-7;1-2-3;2*1-2/h2-6H,1H3;2H,1H3;2*1-2H3. The Hall–Kier alpha value is -1.11. The van der Waals surface area contributed by atoms with E-state index in [1.165, 1.54) is 12.5 Å². The van der Waals surface area contributed by atoms with Gasteiger partial charge in [0.05, 0.1) is 0 Å². The summed E-state index contributed by atoms with van der Waals surface area (Å²) >= 11 is 0. The van der Waals surface area contributed by atoms with Crippen LogP contribution in [-0.4, -0.2) is 6.29 Å². The van der Waals surface area contributed by atoms with Gasteiger partial charge in [-0.15, -0.1) is 0 Å². The van der Waals surface area contributed by atoms with Gasteiger partial charge in [0.1, 0.15) is 6.29 Å². The zero-order valence-corrected chi connectivity index (χ0v) is 10.4. The fourth-order valence-electron chi connectivity index (χ4n) is 0.534. The van der Waals surface area contributed by atoms with E-state index in [4.69, 9.17) is 4.79 Å². The van der Waals surface area contributed by atoms with Crippen molar-refractivity contribution in [2.75, 3.05) is 0 Å². The Bertz CT molecular complexity index is 168. The highest BCUT2D eigenvalue weighted by Gasteiger charge is 1.72. The number of rotatable bonds is 0. The van der Waals surface area contributed by atoms with Crippen molar-refractivity contribution in [3.63, 3.8) is 0 Å². The van der Waals surface area contributed by atoms with Gasteiger partial charge in [-0.05, 0) is 13.8 Å². The minimum Gasteiger partial charge on any atom is -0.304 e. The molecule has 0 saturated heterocycles. The molecule has 0 aliphatic rings. The topological polar surface area (TPSA) is 17.1 Å². The number of hydrogen-bond donors (Lipinski definition) is 0. The third-order valence-corrected chi connectivity index (χ3v) is 0.940. The first-order valence-corrected chi connectivity index (χ1v) is 5.22. The van der Waals surface area contributed by atoms with Gasteiger partial charge >= 0.3 is 0 Å². The highest BCUT2D eigenvalue weighted by atomic mass is 16.1. The predicted octanol–water partition coefficient (Wildman–Crippen LogP) is 4.25. The lowest BCUT2D eigenvalue weighted by Crippen LogP contribution is -1.62. The Morgan fingerprint density at radius 1 is 0.929 bits per heavy atom. The van der Waals surface area contributed by atoms with Crippen molar-refractivity contribution in [1.82, 2.24) is 0 Å². The first-order valence-electron chi connectivity index (χ1n) is 5.22. The molecule has 0 bridgehead atoms. The Kier molecular flexibility index (Phi) is 30.1. The van der Waals surface area contributed by atoms with E-state index in [2.05, 4.69) is 19.1 Å². The van der Waals surface area contributed by atoms with Crippen molar-refractivity contribution in [3.8, 4) is 0 Å². The van der Waals surface area contributed by atoms with Crippen LogP contribution in [0, 0.1) is 6.92 Å². The summed E-state index contributed by atoms with van der Waals surface area (Å²) in [4.78, 5) is 8.81. The SMILES string of the molecule is CC.CC.CC=O.Cc1ccccc1. The van der Waals surface area contributed by atoms with Crippen LogP contribution in [0.1, 0.15) is 40.2 Å². The second-order valence-corrected chi connectivity index (χ2v) is 1.89. The summed E-state index contributed by atoms with van der Waals surface area (Å²) in [7, 11) is 0. The molecule has 0 spiro atoms. The first-order chi connectivity index (χ1) is 6.81. The van der Waals surface area contributed by atoms with Gasteiger partial charge in [0.25, 0.3) is 0 Å². The van der Waals surface area contributed by atoms with Crippen LogP contribution in [-0.2, 0) is 4.79 Å². The molecule has 1 heteroatoms. The minimum absolute atomic E-state index is 0.750. The zero-order valence-electron chi connectivity index (χ0n) is 10.4. The summed E-state index contributed by atoms with van der Waals surface area (Å²) < 4.78 is 0. The van der Waals surface area contributed by atoms with Crippen molar-refractivity contribution >= 4 is 6.29 Å². The van der Waals surface area contributed by atoms with Gasteiger partial charge < -0.3 is 4.79 Å². The molecule has 14 heavy (non-hydrogen) atoms. The van der Waals surface area contributed by atoms with Gasteiger partial charge in [0, 0.05) is 0 Å². The van der Waals surface area contributed by atoms with Crippen molar-refractivity contribution in [3.05, 3.63) is 35.9 Å². The van der Waals surface area contributed by atoms with E-state index >= 15 is 0 Å². The largest absolute Gasteiger partial charge is 0.304 e. The minimum atomic E-state index is 0.750. The lowest BCUT2D eigenvalue weighted by atomic mass is 10.2. The molecule has 0 heterocycles. The van der Waals surface area contributed by atoms with Crippen LogP contribution < -0.4 is 0 Å². The summed E-state index contributed by atoms with van der Waals surface area (Å²) in [5, 5.41) is 0. The normalized spacial score (nSPS) is 6.14. The maximum absolute atomic E-state index is 8.81. The van der Waals surface area contributed by atoms with Crippen molar-refractivity contribution in [2.24, 2.45) is 0 Å². The number of benzene rings is 1. The van der Waals surface area contributed by atoms with E-state index in [1.807, 2.05) is 45.9 Å². The summed E-state index contributed by atoms with van der Waals surface area (Å²) in [5.41, 5.74) is 1.32. The molecular formula is C13H24O. The third-order valence-electron chi connectivity index (χ3n) is 0.940. The van der Waals surface area contributed by atoms with E-state index in [0.29, 0.717) is 0 Å². The molecule has 1 rings (SSSR count). The molecule has 0 aromatic heterocycles. The molecule has 0 aliphatic carbocycles. The Morgan fingerprint density at radius 2 is 1.21 bits per heavy atom. The third kappa shape index (κ3) is 22.4. The van der Waals surface area contributed by atoms with E-state index in [0.717, 1.165) is 6.29 Å². The van der Waals surface area contributed by atoms with Crippen LogP contribution in [0.5, 0.6) is 0 Å². The molecule has 1 aromatic carbocycles. The Balaban J connectivity index is -0.000000148. The maximum Gasteiger partial charge on any atom is 0.116 e. The fraction of sp³-hybridized carbons (Fsp3) is 0.462. The van der Waals surface area contributed by atoms with E-state index < -0.39 is 0 Å². The first kappa shape index (κ1) is 18.6. The number of carbonyl (C=O) groups is 1. The highest BCUT2D eigenvalue weighted by molar-refractivity contribution is 5.44. The van der Waals surface area contributed by atoms with Gasteiger partial charge in [-0.2, -0.15) is 0 Å². The average molecular weight is 196 g/mol. The fourth-order valence-corrected chi connectivity index (χ4v) is 0.534. The molecule has 0 atom stereocenters. The number of hydrogen-bond acceptors (Lipinski definition) is 1. The van der Waals surface area contributed by atoms with Crippen molar-refractivity contribution in [1.29, 1.82) is 0 Å². The van der Waals surface area contributed by atoms with Gasteiger partial charge in [-0.3, -0.25) is 0 Å². The van der Waals surface area contributed by atoms with Crippen molar-refractivity contribution in [2.45, 2.75) is 41.5 Å². The Labute approximate surface area is 89.2 Å². The van der Waals surface area contributed by atoms with Crippen LogP contribution in [0.15, 0.2) is 30.3 Å². The average Bonchev–Trinajstić information content (AvgIpc) is 2.26. The van der Waals surface area contributed by atoms with Gasteiger partial charge in [-0.25, -0.2) is 0 Å². The molecule has 0 N–H and O–H groups in total. The monoisotopic (exact) mass is 196 g/mol. The maximum atomic E-state index is 8.81. The van der Waals surface area contributed by atoms with Crippen LogP contribution in [0.25, 0.3) is 0 Å². The smallest absolute Gasteiger partial charge is 0.116 e. The Morgan fingerprint density at radius 3 is 1.36 bits per heavy atom. The van der Waals surface area contributed by atoms with Crippen LogP contribution >= 0.6 is 0 Å². The predicted molar refractivity (Wildman–Crippen MR) is 65.6 cm³/mol. The lowest BCUT2D eigenvalue weighted by Gasteiger charge is -1.82. The number of aldehydes is 1. The number of carbonyl (C=O) groups excluding carboxylic acids is 1. The summed E-state index contributed by atoms with van der Waals surface area (Å²) in [5.74, 6) is 0. The molecule has 0 aliphatic heterocycles. The van der Waals surface area contributed by atoms with Crippen LogP contribution in [0.4, 0.5) is 0 Å². The molecule has 0 amide bonds. The van der Waals surface area contributed by atoms with Crippen LogP contribution in [0.2, 0.25) is 0 Å². The van der Waals surface area contributed by atoms with Gasteiger partial charge in [0.2, 0.25) is 0 Å². The summed E-state index contributed by atoms with van der Waals surface area (Å²) in [6.07, 6.45) is 0.750. The van der Waals surface area contributed by atoms with Crippen LogP contribution in [0.3, 0.4) is 0 Å². The molecule has 0 unspecified atom stereocenters. The second kappa shape index (κ2) is 22.7. The highest BCUT2D eigenvalue weighted by Crippen LogP contribution is 1.92. The zero-order chi connectivity index (χ0) is 11.8. The van der Waals surface area contributed by atoms with E-state index in [9.17, 15) is 0 Å². The molecular weight excluding hydrogens is 172 g/mol.